The molecular formula is C5H9ClN2. The first-order valence-electron chi connectivity index (χ1n) is 2.25. The maximum atomic E-state index is 5.41. The zero-order valence-electron chi connectivity index (χ0n) is 4.76. The molecule has 0 aromatic carbocycles. The summed E-state index contributed by atoms with van der Waals surface area (Å²) in [7, 11) is 1.68. The summed E-state index contributed by atoms with van der Waals surface area (Å²) in [6.07, 6.45) is 3.09. The Morgan fingerprint density at radius 3 is 2.62 bits per heavy atom. The van der Waals surface area contributed by atoms with Crippen molar-refractivity contribution in [1.29, 1.82) is 0 Å². The van der Waals surface area contributed by atoms with E-state index in [9.17, 15) is 0 Å². The van der Waals surface area contributed by atoms with E-state index in [0.29, 0.717) is 5.88 Å². The number of alkyl halides is 1. The average molecular weight is 133 g/mol. The molecule has 3 heteroatoms. The number of aliphatic imine (C=N–C) groups is 1. The predicted molar refractivity (Wildman–Crippen MR) is 37.4 cm³/mol. The lowest BCUT2D eigenvalue weighted by Gasteiger charge is -1.87. The molecule has 0 aromatic heterocycles. The van der Waals surface area contributed by atoms with Gasteiger partial charge >= 0.3 is 0 Å². The van der Waals surface area contributed by atoms with Gasteiger partial charge in [-0.25, -0.2) is 0 Å². The molecular weight excluding hydrogens is 124 g/mol. The number of nitrogens with two attached hydrogens (primary N) is 1. The van der Waals surface area contributed by atoms with Crippen LogP contribution in [0.1, 0.15) is 0 Å². The van der Waals surface area contributed by atoms with Crippen LogP contribution in [-0.2, 0) is 0 Å². The molecule has 0 aliphatic carbocycles. The third-order valence-corrected chi connectivity index (χ3v) is 0.987. The summed E-state index contributed by atoms with van der Waals surface area (Å²) in [5.74, 6) is 0.421. The van der Waals surface area contributed by atoms with Crippen molar-refractivity contribution in [2.45, 2.75) is 0 Å². The van der Waals surface area contributed by atoms with Crippen LogP contribution < -0.4 is 5.73 Å². The van der Waals surface area contributed by atoms with Crippen molar-refractivity contribution in [3.8, 4) is 0 Å². The fourth-order valence-electron chi connectivity index (χ4n) is 0.290. The highest BCUT2D eigenvalue weighted by Crippen LogP contribution is 1.82. The van der Waals surface area contributed by atoms with Gasteiger partial charge in [-0.15, -0.1) is 11.6 Å². The summed E-state index contributed by atoms with van der Waals surface area (Å²) >= 11 is 5.41. The van der Waals surface area contributed by atoms with E-state index in [-0.39, 0.29) is 0 Å². The van der Waals surface area contributed by atoms with Crippen LogP contribution in [0, 0.1) is 0 Å². The van der Waals surface area contributed by atoms with Crippen molar-refractivity contribution in [2.75, 3.05) is 12.9 Å². The molecule has 0 spiro atoms. The summed E-state index contributed by atoms with van der Waals surface area (Å²) < 4.78 is 0. The second-order valence-electron chi connectivity index (χ2n) is 1.21. The van der Waals surface area contributed by atoms with Crippen LogP contribution in [0.15, 0.2) is 17.3 Å². The fourth-order valence-corrected chi connectivity index (χ4v) is 0.499. The lowest BCUT2D eigenvalue weighted by Crippen LogP contribution is -1.95. The number of halogens is 1. The molecule has 2 N–H and O–H groups in total. The van der Waals surface area contributed by atoms with Gasteiger partial charge in [0.25, 0.3) is 0 Å². The first-order chi connectivity index (χ1) is 3.85. The monoisotopic (exact) mass is 132 g/mol. The lowest BCUT2D eigenvalue weighted by atomic mass is 10.4. The molecule has 0 saturated carbocycles. The van der Waals surface area contributed by atoms with Crippen LogP contribution >= 0.6 is 11.6 Å². The highest BCUT2D eigenvalue weighted by molar-refractivity contribution is 6.30. The van der Waals surface area contributed by atoms with Crippen LogP contribution in [0.3, 0.4) is 0 Å². The van der Waals surface area contributed by atoms with Gasteiger partial charge in [0.15, 0.2) is 0 Å². The number of hydrogen-bond donors (Lipinski definition) is 1. The summed E-state index contributed by atoms with van der Waals surface area (Å²) in [4.78, 5) is 3.81. The number of rotatable bonds is 2. The molecule has 0 radical (unpaired) electrons. The molecule has 0 unspecified atom stereocenters. The van der Waals surface area contributed by atoms with Crippen LogP contribution in [0.2, 0.25) is 0 Å². The van der Waals surface area contributed by atoms with Gasteiger partial charge in [0.1, 0.15) is 0 Å². The predicted octanol–water partition coefficient (Wildman–Crippen LogP) is 0.768. The second kappa shape index (κ2) is 4.65. The van der Waals surface area contributed by atoms with Crippen LogP contribution in [0.25, 0.3) is 0 Å². The van der Waals surface area contributed by atoms with E-state index in [1.54, 1.807) is 13.1 Å². The summed E-state index contributed by atoms with van der Waals surface area (Å²) in [5.41, 5.74) is 5.86. The van der Waals surface area contributed by atoms with Crippen molar-refractivity contribution in [2.24, 2.45) is 10.7 Å². The van der Waals surface area contributed by atoms with Crippen LogP contribution in [0.5, 0.6) is 0 Å². The van der Waals surface area contributed by atoms with Gasteiger partial charge in [-0.2, -0.15) is 0 Å². The van der Waals surface area contributed by atoms with Gasteiger partial charge in [0.05, 0.1) is 11.6 Å². The van der Waals surface area contributed by atoms with Gasteiger partial charge in [0.2, 0.25) is 0 Å². The van der Waals surface area contributed by atoms with Gasteiger partial charge in [0, 0.05) is 7.05 Å². The largest absolute Gasteiger partial charge is 0.405 e. The van der Waals surface area contributed by atoms with E-state index in [1.807, 2.05) is 0 Å². The Morgan fingerprint density at radius 2 is 2.50 bits per heavy atom. The molecule has 46 valence electrons. The van der Waals surface area contributed by atoms with E-state index in [4.69, 9.17) is 17.3 Å². The molecule has 0 heterocycles. The molecule has 0 amide bonds. The van der Waals surface area contributed by atoms with Crippen molar-refractivity contribution < 1.29 is 0 Å². The fraction of sp³-hybridized carbons (Fsp3) is 0.400. The number of hydrogen-bond acceptors (Lipinski definition) is 2. The summed E-state index contributed by atoms with van der Waals surface area (Å²) in [6, 6.07) is 0. The van der Waals surface area contributed by atoms with E-state index in [0.717, 1.165) is 5.71 Å². The highest BCUT2D eigenvalue weighted by atomic mass is 35.5. The Kier molecular flexibility index (Phi) is 4.36. The highest BCUT2D eigenvalue weighted by Gasteiger charge is 1.84. The van der Waals surface area contributed by atoms with E-state index in [1.165, 1.54) is 6.20 Å². The number of allylic oxidation sites excluding steroid dienone is 1. The quantitative estimate of drug-likeness (QED) is 0.438. The Hall–Kier alpha value is -0.500. The minimum absolute atomic E-state index is 0.421. The van der Waals surface area contributed by atoms with Gasteiger partial charge < -0.3 is 5.73 Å². The van der Waals surface area contributed by atoms with Gasteiger partial charge in [-0.1, -0.05) is 0 Å². The summed E-state index contributed by atoms with van der Waals surface area (Å²) in [6.45, 7) is 0. The van der Waals surface area contributed by atoms with E-state index < -0.39 is 0 Å². The molecule has 0 bridgehead atoms. The van der Waals surface area contributed by atoms with E-state index in [2.05, 4.69) is 4.99 Å². The van der Waals surface area contributed by atoms with Crippen molar-refractivity contribution in [3.63, 3.8) is 0 Å². The van der Waals surface area contributed by atoms with Crippen molar-refractivity contribution >= 4 is 17.3 Å². The molecule has 8 heavy (non-hydrogen) atoms. The third-order valence-electron chi connectivity index (χ3n) is 0.713. The molecule has 0 aliphatic heterocycles. The molecule has 0 aliphatic rings. The Bertz CT molecular complexity index is 104. The maximum absolute atomic E-state index is 5.41. The maximum Gasteiger partial charge on any atom is 0.0643 e. The van der Waals surface area contributed by atoms with Crippen LogP contribution in [0.4, 0.5) is 0 Å². The second-order valence-corrected chi connectivity index (χ2v) is 1.47. The van der Waals surface area contributed by atoms with Crippen molar-refractivity contribution in [1.82, 2.24) is 0 Å². The zero-order valence-corrected chi connectivity index (χ0v) is 5.52. The SMILES string of the molecule is CN=C(C=CN)CCl. The standard InChI is InChI=1S/C5H9ClN2/c1-8-5(4-6)2-3-7/h2-3H,4,7H2,1H3. The minimum Gasteiger partial charge on any atom is -0.405 e. The topological polar surface area (TPSA) is 38.4 Å². The zero-order chi connectivity index (χ0) is 6.41. The smallest absolute Gasteiger partial charge is 0.0643 e. The molecule has 0 aromatic rings. The third kappa shape index (κ3) is 2.64. The first kappa shape index (κ1) is 7.50. The van der Waals surface area contributed by atoms with E-state index >= 15 is 0 Å². The molecule has 0 atom stereocenters. The minimum atomic E-state index is 0.421. The Balaban J connectivity index is 3.72. The molecule has 0 fully saturated rings. The average Bonchev–Trinajstić information content (AvgIpc) is 1.83. The molecule has 0 rings (SSSR count). The first-order valence-corrected chi connectivity index (χ1v) is 2.78. The van der Waals surface area contributed by atoms with Crippen LogP contribution in [-0.4, -0.2) is 18.6 Å². The Labute approximate surface area is 54.0 Å². The molecule has 2 nitrogen and oxygen atoms in total. The molecule has 0 saturated heterocycles. The van der Waals surface area contributed by atoms with Gasteiger partial charge in [-0.3, -0.25) is 4.99 Å². The lowest BCUT2D eigenvalue weighted by molar-refractivity contribution is 1.43. The Morgan fingerprint density at radius 1 is 1.88 bits per heavy atom. The van der Waals surface area contributed by atoms with Gasteiger partial charge in [-0.05, 0) is 12.3 Å². The van der Waals surface area contributed by atoms with Crippen molar-refractivity contribution in [3.05, 3.63) is 12.3 Å². The normalized spacial score (nSPS) is 13.0. The number of nitrogens with zero attached hydrogens (tertiary/aromatic N) is 1. The summed E-state index contributed by atoms with van der Waals surface area (Å²) in [5, 5.41) is 0.